The van der Waals surface area contributed by atoms with Crippen LogP contribution in [-0.4, -0.2) is 23.7 Å². The summed E-state index contributed by atoms with van der Waals surface area (Å²) in [4.78, 5) is 0. The zero-order valence-corrected chi connectivity index (χ0v) is 17.0. The van der Waals surface area contributed by atoms with Crippen molar-refractivity contribution in [2.24, 2.45) is 0 Å². The summed E-state index contributed by atoms with van der Waals surface area (Å²) < 4.78 is 17.6. The zero-order valence-electron chi connectivity index (χ0n) is 15.0. The van der Waals surface area contributed by atoms with Gasteiger partial charge in [0.05, 0.1) is 7.11 Å². The van der Waals surface area contributed by atoms with Gasteiger partial charge in [-0.3, -0.25) is 0 Å². The third-order valence-corrected chi connectivity index (χ3v) is 10.4. The van der Waals surface area contributed by atoms with E-state index in [0.717, 1.165) is 0 Å². The van der Waals surface area contributed by atoms with Gasteiger partial charge >= 0.3 is 0 Å². The number of rotatable bonds is 8. The normalized spacial score (nSPS) is 14.2. The Morgan fingerprint density at radius 3 is 1.50 bits per heavy atom. The summed E-state index contributed by atoms with van der Waals surface area (Å²) in [6.45, 7) is 20.0. The van der Waals surface area contributed by atoms with E-state index < -0.39 is 16.6 Å². The van der Waals surface area contributed by atoms with Gasteiger partial charge in [-0.1, -0.05) is 41.5 Å². The molecule has 0 fully saturated rings. The van der Waals surface area contributed by atoms with E-state index in [0.29, 0.717) is 22.6 Å². The molecule has 0 bridgehead atoms. The quantitative estimate of drug-likeness (QED) is 0.438. The van der Waals surface area contributed by atoms with Crippen LogP contribution in [0, 0.1) is 0 Å². The van der Waals surface area contributed by atoms with E-state index in [-0.39, 0.29) is 0 Å². The maximum absolute atomic E-state index is 6.36. The van der Waals surface area contributed by atoms with Gasteiger partial charge in [-0.25, -0.2) is 0 Å². The average Bonchev–Trinajstić information content (AvgIpc) is 2.24. The van der Waals surface area contributed by atoms with E-state index in [1.54, 1.807) is 13.4 Å². The molecule has 0 aromatic rings. The van der Waals surface area contributed by atoms with Crippen LogP contribution in [0.5, 0.6) is 0 Å². The predicted molar refractivity (Wildman–Crippen MR) is 91.7 cm³/mol. The molecule has 0 aliphatic rings. The predicted octanol–water partition coefficient (Wildman–Crippen LogP) is 5.48. The van der Waals surface area contributed by atoms with Crippen LogP contribution in [0.15, 0.2) is 12.2 Å². The molecule has 0 spiro atoms. The molecule has 0 aliphatic carbocycles. The summed E-state index contributed by atoms with van der Waals surface area (Å²) in [7, 11) is -1.94. The van der Waals surface area contributed by atoms with E-state index in [1.807, 2.05) is 0 Å². The van der Waals surface area contributed by atoms with Crippen LogP contribution in [0.25, 0.3) is 0 Å². The summed E-state index contributed by atoms with van der Waals surface area (Å²) in [5.74, 6) is 0.517. The molecule has 0 aliphatic heterocycles. The van der Waals surface area contributed by atoms with E-state index in [4.69, 9.17) is 13.6 Å². The molecule has 120 valence electrons. The molecule has 0 radical (unpaired) electrons. The van der Waals surface area contributed by atoms with Crippen molar-refractivity contribution < 1.29 is 13.6 Å². The van der Waals surface area contributed by atoms with Crippen molar-refractivity contribution in [1.82, 2.24) is 0 Å². The Bertz CT molecular complexity index is 296. The molecule has 0 amide bonds. The highest BCUT2D eigenvalue weighted by Crippen LogP contribution is 2.42. The van der Waals surface area contributed by atoms with Crippen molar-refractivity contribution in [2.45, 2.75) is 77.8 Å². The van der Waals surface area contributed by atoms with Gasteiger partial charge in [-0.2, -0.15) is 0 Å². The summed E-state index contributed by atoms with van der Waals surface area (Å²) in [6, 6.07) is 0. The fraction of sp³-hybridized carbons (Fsp3) is 0.867. The second kappa shape index (κ2) is 7.54. The van der Waals surface area contributed by atoms with Crippen molar-refractivity contribution in [1.29, 1.82) is 0 Å². The van der Waals surface area contributed by atoms with Crippen LogP contribution in [0.4, 0.5) is 0 Å². The highest BCUT2D eigenvalue weighted by Gasteiger charge is 2.46. The first kappa shape index (κ1) is 19.6. The number of methoxy groups -OCH3 is 1. The average molecular weight is 319 g/mol. The molecule has 20 heavy (non-hydrogen) atoms. The molecule has 0 rings (SSSR count). The second-order valence-corrected chi connectivity index (χ2v) is 17.1. The molecular weight excluding hydrogens is 284 g/mol. The Morgan fingerprint density at radius 1 is 0.850 bits per heavy atom. The lowest BCUT2D eigenvalue weighted by Gasteiger charge is -2.41. The Labute approximate surface area is 128 Å². The zero-order chi connectivity index (χ0) is 16.1. The summed E-state index contributed by atoms with van der Waals surface area (Å²) in [5.41, 5.74) is 1.64. The molecule has 0 atom stereocenters. The maximum atomic E-state index is 6.36. The highest BCUT2D eigenvalue weighted by atomic mass is 28.4. The fourth-order valence-electron chi connectivity index (χ4n) is 2.97. The molecular formula is C15H34O3Si2. The minimum Gasteiger partial charge on any atom is -0.543 e. The van der Waals surface area contributed by atoms with E-state index >= 15 is 0 Å². The first-order valence-electron chi connectivity index (χ1n) is 7.58. The van der Waals surface area contributed by atoms with Crippen LogP contribution in [0.1, 0.15) is 41.5 Å². The SMILES string of the molecule is CO/C(=C\O[Si](C(C)C)(C(C)C)C(C)C)O[Si](C)(C)C. The third-order valence-electron chi connectivity index (χ3n) is 3.67. The van der Waals surface area contributed by atoms with Crippen LogP contribution < -0.4 is 0 Å². The molecule has 0 saturated carbocycles. The minimum absolute atomic E-state index is 0.517. The molecule has 5 heteroatoms. The standard InChI is InChI=1S/C15H34O3Si2/c1-12(2)20(13(3)4,14(5)6)17-11-15(16-7)18-19(8,9)10/h11-14H,1-10H3/b15-11+. The first-order valence-corrected chi connectivity index (χ1v) is 13.1. The Hall–Kier alpha value is -0.426. The van der Waals surface area contributed by atoms with Crippen LogP contribution in [-0.2, 0) is 13.6 Å². The number of hydrogen-bond acceptors (Lipinski definition) is 3. The monoisotopic (exact) mass is 318 g/mol. The van der Waals surface area contributed by atoms with Gasteiger partial charge in [0.2, 0.25) is 8.32 Å². The van der Waals surface area contributed by atoms with Crippen molar-refractivity contribution >= 4 is 16.6 Å². The number of ether oxygens (including phenoxy) is 1. The molecule has 0 aromatic carbocycles. The van der Waals surface area contributed by atoms with E-state index in [1.165, 1.54) is 0 Å². The van der Waals surface area contributed by atoms with Gasteiger partial charge in [0.1, 0.15) is 6.26 Å². The Kier molecular flexibility index (Phi) is 7.38. The van der Waals surface area contributed by atoms with Crippen LogP contribution in [0.2, 0.25) is 36.3 Å². The van der Waals surface area contributed by atoms with Gasteiger partial charge in [-0.15, -0.1) is 0 Å². The van der Waals surface area contributed by atoms with Crippen molar-refractivity contribution in [3.8, 4) is 0 Å². The third kappa shape index (κ3) is 5.16. The summed E-state index contributed by atoms with van der Waals surface area (Å²) in [6.07, 6.45) is 1.73. The second-order valence-electron chi connectivity index (χ2n) is 7.29. The van der Waals surface area contributed by atoms with Crippen LogP contribution in [0.3, 0.4) is 0 Å². The first-order chi connectivity index (χ1) is 8.97. The number of hydrogen-bond donors (Lipinski definition) is 0. The molecule has 0 aromatic heterocycles. The highest BCUT2D eigenvalue weighted by molar-refractivity contribution is 6.77. The minimum atomic E-state index is -1.90. The summed E-state index contributed by atoms with van der Waals surface area (Å²) in [5, 5.41) is 0. The Morgan fingerprint density at radius 2 is 1.25 bits per heavy atom. The smallest absolute Gasteiger partial charge is 0.299 e. The molecule has 0 N–H and O–H groups in total. The summed E-state index contributed by atoms with van der Waals surface area (Å²) >= 11 is 0. The van der Waals surface area contributed by atoms with E-state index in [9.17, 15) is 0 Å². The largest absolute Gasteiger partial charge is 0.543 e. The molecule has 0 unspecified atom stereocenters. The van der Waals surface area contributed by atoms with Crippen molar-refractivity contribution in [2.75, 3.05) is 7.11 Å². The fourth-order valence-corrected chi connectivity index (χ4v) is 8.83. The van der Waals surface area contributed by atoms with Gasteiger partial charge in [-0.05, 0) is 36.3 Å². The van der Waals surface area contributed by atoms with Gasteiger partial charge < -0.3 is 13.6 Å². The lowest BCUT2D eigenvalue weighted by atomic mass is 10.5. The van der Waals surface area contributed by atoms with Crippen molar-refractivity contribution in [3.05, 3.63) is 12.2 Å². The molecule has 0 heterocycles. The topological polar surface area (TPSA) is 27.7 Å². The van der Waals surface area contributed by atoms with Gasteiger partial charge in [0, 0.05) is 0 Å². The van der Waals surface area contributed by atoms with Gasteiger partial charge in [0.15, 0.2) is 0 Å². The molecule has 3 nitrogen and oxygen atoms in total. The lowest BCUT2D eigenvalue weighted by molar-refractivity contribution is 0.133. The lowest BCUT2D eigenvalue weighted by Crippen LogP contribution is -2.46. The maximum Gasteiger partial charge on any atom is 0.299 e. The molecule has 0 saturated heterocycles. The van der Waals surface area contributed by atoms with E-state index in [2.05, 4.69) is 61.2 Å². The Balaban J connectivity index is 5.26. The van der Waals surface area contributed by atoms with Crippen molar-refractivity contribution in [3.63, 3.8) is 0 Å². The van der Waals surface area contributed by atoms with Gasteiger partial charge in [0.25, 0.3) is 14.3 Å². The van der Waals surface area contributed by atoms with Crippen LogP contribution >= 0.6 is 0 Å².